The first-order valence-corrected chi connectivity index (χ1v) is 10.5. The molecular formula is C22H24N2O3S. The summed E-state index contributed by atoms with van der Waals surface area (Å²) in [5.74, 6) is 0.315. The molecule has 2 aromatic heterocycles. The number of ether oxygens (including phenoxy) is 1. The van der Waals surface area contributed by atoms with Crippen molar-refractivity contribution in [3.63, 3.8) is 0 Å². The molecule has 1 aliphatic carbocycles. The number of aryl methyl sites for hydroxylation is 1. The third kappa shape index (κ3) is 3.61. The van der Waals surface area contributed by atoms with Crippen molar-refractivity contribution in [3.05, 3.63) is 62.5 Å². The molecule has 1 aliphatic rings. The third-order valence-electron chi connectivity index (χ3n) is 5.14. The fourth-order valence-electron chi connectivity index (χ4n) is 3.75. The minimum absolute atomic E-state index is 0.00668. The average Bonchev–Trinajstić information content (AvgIpc) is 3.02. The highest BCUT2D eigenvalue weighted by Crippen LogP contribution is 2.35. The van der Waals surface area contributed by atoms with Crippen LogP contribution in [0.5, 0.6) is 0 Å². The number of thiophene rings is 1. The Labute approximate surface area is 168 Å². The van der Waals surface area contributed by atoms with Crippen LogP contribution >= 0.6 is 11.3 Å². The number of rotatable bonds is 4. The Hall–Kier alpha value is -2.47. The minimum atomic E-state index is -0.348. The topological polar surface area (TPSA) is 61.2 Å². The largest absolute Gasteiger partial charge is 0.459 e. The number of carbonyl (C=O) groups excluding carboxylic acids is 1. The van der Waals surface area contributed by atoms with Crippen molar-refractivity contribution in [3.8, 4) is 0 Å². The summed E-state index contributed by atoms with van der Waals surface area (Å²) in [6.45, 7) is 6.29. The van der Waals surface area contributed by atoms with Gasteiger partial charge in [0.2, 0.25) is 0 Å². The molecule has 1 aromatic carbocycles. The quantitative estimate of drug-likeness (QED) is 0.620. The smallest absolute Gasteiger partial charge is 0.338 e. The van der Waals surface area contributed by atoms with Crippen molar-refractivity contribution in [2.24, 2.45) is 5.92 Å². The molecule has 0 bridgehead atoms. The van der Waals surface area contributed by atoms with Crippen LogP contribution in [0.15, 0.2) is 35.4 Å². The lowest BCUT2D eigenvalue weighted by molar-refractivity contribution is 0.0378. The number of esters is 1. The first-order chi connectivity index (χ1) is 13.4. The van der Waals surface area contributed by atoms with E-state index in [-0.39, 0.29) is 17.6 Å². The van der Waals surface area contributed by atoms with Gasteiger partial charge in [-0.3, -0.25) is 9.36 Å². The molecule has 0 fully saturated rings. The molecule has 6 heteroatoms. The molecule has 0 unspecified atom stereocenters. The summed E-state index contributed by atoms with van der Waals surface area (Å²) in [5.41, 5.74) is 2.57. The molecule has 5 nitrogen and oxygen atoms in total. The van der Waals surface area contributed by atoms with Gasteiger partial charge in [-0.25, -0.2) is 9.78 Å². The van der Waals surface area contributed by atoms with Gasteiger partial charge in [0.15, 0.2) is 0 Å². The second kappa shape index (κ2) is 7.51. The van der Waals surface area contributed by atoms with Crippen LogP contribution in [-0.4, -0.2) is 21.6 Å². The molecule has 0 N–H and O–H groups in total. The van der Waals surface area contributed by atoms with Gasteiger partial charge in [-0.05, 0) is 62.3 Å². The Balaban J connectivity index is 1.67. The summed E-state index contributed by atoms with van der Waals surface area (Å²) in [4.78, 5) is 32.0. The molecule has 2 heterocycles. The maximum absolute atomic E-state index is 13.1. The van der Waals surface area contributed by atoms with Gasteiger partial charge in [-0.2, -0.15) is 0 Å². The van der Waals surface area contributed by atoms with Crippen LogP contribution < -0.4 is 5.56 Å². The summed E-state index contributed by atoms with van der Waals surface area (Å²) in [6, 6.07) is 7.24. The Kier molecular flexibility index (Phi) is 5.06. The van der Waals surface area contributed by atoms with Gasteiger partial charge in [0.05, 0.1) is 29.9 Å². The standard InChI is InChI=1S/C22H24N2O3S/c1-13(2)27-22(26)16-6-4-5-15(10-16)11-24-12-23-20-19(21(24)25)17-8-7-14(3)9-18(17)28-20/h4-6,10,12-14H,7-9,11H2,1-3H3/t14-/m0/s1. The van der Waals surface area contributed by atoms with E-state index in [2.05, 4.69) is 11.9 Å². The van der Waals surface area contributed by atoms with Crippen LogP contribution in [0.2, 0.25) is 0 Å². The van der Waals surface area contributed by atoms with E-state index in [1.165, 1.54) is 10.4 Å². The summed E-state index contributed by atoms with van der Waals surface area (Å²) in [6.07, 6.45) is 4.56. The first-order valence-electron chi connectivity index (χ1n) is 9.72. The zero-order chi connectivity index (χ0) is 19.8. The Morgan fingerprint density at radius 3 is 3.00 bits per heavy atom. The second-order valence-electron chi connectivity index (χ2n) is 7.86. The van der Waals surface area contributed by atoms with Crippen LogP contribution in [0.25, 0.3) is 10.2 Å². The van der Waals surface area contributed by atoms with E-state index in [1.807, 2.05) is 26.0 Å². The predicted molar refractivity (Wildman–Crippen MR) is 111 cm³/mol. The van der Waals surface area contributed by atoms with Gasteiger partial charge in [-0.1, -0.05) is 19.1 Å². The van der Waals surface area contributed by atoms with Gasteiger partial charge < -0.3 is 4.74 Å². The zero-order valence-electron chi connectivity index (χ0n) is 16.4. The Morgan fingerprint density at radius 1 is 1.39 bits per heavy atom. The fraction of sp³-hybridized carbons (Fsp3) is 0.409. The van der Waals surface area contributed by atoms with E-state index in [0.29, 0.717) is 18.0 Å². The molecule has 28 heavy (non-hydrogen) atoms. The first kappa shape index (κ1) is 18.9. The summed E-state index contributed by atoms with van der Waals surface area (Å²) < 4.78 is 6.90. The molecule has 0 spiro atoms. The lowest BCUT2D eigenvalue weighted by Gasteiger charge is -2.17. The van der Waals surface area contributed by atoms with E-state index in [0.717, 1.165) is 35.0 Å². The maximum Gasteiger partial charge on any atom is 0.338 e. The van der Waals surface area contributed by atoms with Crippen molar-refractivity contribution in [1.29, 1.82) is 0 Å². The highest BCUT2D eigenvalue weighted by Gasteiger charge is 2.23. The fourth-order valence-corrected chi connectivity index (χ4v) is 5.10. The van der Waals surface area contributed by atoms with Crippen LogP contribution in [0.4, 0.5) is 0 Å². The van der Waals surface area contributed by atoms with Crippen LogP contribution in [-0.2, 0) is 24.1 Å². The van der Waals surface area contributed by atoms with E-state index in [9.17, 15) is 9.59 Å². The summed E-state index contributed by atoms with van der Waals surface area (Å²) >= 11 is 1.66. The normalized spacial score (nSPS) is 16.4. The lowest BCUT2D eigenvalue weighted by Crippen LogP contribution is -2.22. The Bertz CT molecular complexity index is 1100. The van der Waals surface area contributed by atoms with Crippen molar-refractivity contribution in [2.45, 2.75) is 52.7 Å². The third-order valence-corrected chi connectivity index (χ3v) is 6.30. The monoisotopic (exact) mass is 396 g/mol. The average molecular weight is 397 g/mol. The Morgan fingerprint density at radius 2 is 2.21 bits per heavy atom. The van der Waals surface area contributed by atoms with Gasteiger partial charge >= 0.3 is 5.97 Å². The molecule has 0 aliphatic heterocycles. The summed E-state index contributed by atoms with van der Waals surface area (Å²) in [7, 11) is 0. The number of benzene rings is 1. The van der Waals surface area contributed by atoms with Crippen molar-refractivity contribution in [2.75, 3.05) is 0 Å². The van der Waals surface area contributed by atoms with Gasteiger partial charge in [0.1, 0.15) is 4.83 Å². The van der Waals surface area contributed by atoms with Gasteiger partial charge in [0.25, 0.3) is 5.56 Å². The second-order valence-corrected chi connectivity index (χ2v) is 8.95. The molecule has 0 saturated heterocycles. The predicted octanol–water partition coefficient (Wildman–Crippen LogP) is 4.20. The number of aromatic nitrogens is 2. The molecular weight excluding hydrogens is 372 g/mol. The van der Waals surface area contributed by atoms with E-state index < -0.39 is 0 Å². The highest BCUT2D eigenvalue weighted by atomic mass is 32.1. The highest BCUT2D eigenvalue weighted by molar-refractivity contribution is 7.18. The van der Waals surface area contributed by atoms with E-state index >= 15 is 0 Å². The number of nitrogens with zero attached hydrogens (tertiary/aromatic N) is 2. The molecule has 1 atom stereocenters. The minimum Gasteiger partial charge on any atom is -0.459 e. The van der Waals surface area contributed by atoms with E-state index in [4.69, 9.17) is 4.74 Å². The maximum atomic E-state index is 13.1. The van der Waals surface area contributed by atoms with Crippen molar-refractivity contribution >= 4 is 27.5 Å². The van der Waals surface area contributed by atoms with Crippen LogP contribution in [0.1, 0.15) is 53.6 Å². The molecule has 4 rings (SSSR count). The van der Waals surface area contributed by atoms with E-state index in [1.54, 1.807) is 34.4 Å². The molecule has 0 saturated carbocycles. The van der Waals surface area contributed by atoms with Gasteiger partial charge in [-0.15, -0.1) is 11.3 Å². The lowest BCUT2D eigenvalue weighted by atomic mass is 9.89. The van der Waals surface area contributed by atoms with Crippen molar-refractivity contribution in [1.82, 2.24) is 9.55 Å². The van der Waals surface area contributed by atoms with Crippen LogP contribution in [0, 0.1) is 5.92 Å². The van der Waals surface area contributed by atoms with Crippen molar-refractivity contribution < 1.29 is 9.53 Å². The number of hydrogen-bond acceptors (Lipinski definition) is 5. The number of carbonyl (C=O) groups is 1. The SMILES string of the molecule is CC(C)OC(=O)c1cccc(Cn2cnc3sc4c(c3c2=O)CC[C@H](C)C4)c1. The summed E-state index contributed by atoms with van der Waals surface area (Å²) in [5, 5.41) is 0.782. The zero-order valence-corrected chi connectivity index (χ0v) is 17.2. The van der Waals surface area contributed by atoms with Gasteiger partial charge in [0, 0.05) is 4.88 Å². The molecule has 3 aromatic rings. The number of fused-ring (bicyclic) bond motifs is 3. The molecule has 146 valence electrons. The van der Waals surface area contributed by atoms with Crippen LogP contribution in [0.3, 0.4) is 0 Å². The molecule has 0 radical (unpaired) electrons. The number of hydrogen-bond donors (Lipinski definition) is 0. The molecule has 0 amide bonds.